The molecule has 11 heteroatoms. The second-order valence-electron chi connectivity index (χ2n) is 9.72. The van der Waals surface area contributed by atoms with Crippen LogP contribution in [0.15, 0.2) is 12.2 Å². The molecule has 0 atom stereocenters. The molecule has 0 aliphatic carbocycles. The van der Waals surface area contributed by atoms with E-state index in [1.807, 2.05) is 41.5 Å². The molecule has 0 saturated heterocycles. The van der Waals surface area contributed by atoms with Crippen LogP contribution in [0, 0.1) is 10.8 Å². The summed E-state index contributed by atoms with van der Waals surface area (Å²) in [6.45, 7) is 19.5. The zero-order valence-corrected chi connectivity index (χ0v) is 25.5. The molecule has 0 rings (SSSR count). The maximum Gasteiger partial charge on any atom is 0.333 e. The van der Waals surface area contributed by atoms with Gasteiger partial charge in [0, 0.05) is 5.57 Å². The smallest absolute Gasteiger partial charge is 0.333 e. The van der Waals surface area contributed by atoms with Gasteiger partial charge in [0.15, 0.2) is 0 Å². The summed E-state index contributed by atoms with van der Waals surface area (Å²) >= 11 is 3.19. The van der Waals surface area contributed by atoms with Crippen LogP contribution in [-0.2, 0) is 38.1 Å². The molecule has 0 fully saturated rings. The average molecular weight is 600 g/mol. The second-order valence-corrected chi connectivity index (χ2v) is 11.7. The zero-order valence-electron chi connectivity index (χ0n) is 23.9. The first kappa shape index (κ1) is 39.5. The van der Waals surface area contributed by atoms with Crippen LogP contribution in [-0.4, -0.2) is 78.1 Å². The molecule has 0 amide bonds. The van der Waals surface area contributed by atoms with Gasteiger partial charge in [-0.3, -0.25) is 14.4 Å². The lowest BCUT2D eigenvalue weighted by Gasteiger charge is -2.20. The van der Waals surface area contributed by atoms with E-state index in [1.165, 1.54) is 0 Å². The molecule has 0 spiro atoms. The van der Waals surface area contributed by atoms with Gasteiger partial charge in [0.1, 0.15) is 30.8 Å². The molecule has 0 bridgehead atoms. The lowest BCUT2D eigenvalue weighted by Crippen LogP contribution is -2.30. The molecule has 0 radical (unpaired) electrons. The molecule has 0 unspecified atom stereocenters. The molecular weight excluding hydrogens is 552 g/mol. The van der Waals surface area contributed by atoms with Crippen LogP contribution in [0.1, 0.15) is 75.2 Å². The largest absolute Gasteiger partial charge is 0.463 e. The number of aliphatic hydroxyl groups excluding tert-OH is 2. The molecule has 0 aliphatic rings. The van der Waals surface area contributed by atoms with Crippen molar-refractivity contribution in [3.05, 3.63) is 12.2 Å². The van der Waals surface area contributed by atoms with Crippen LogP contribution >= 0.6 is 15.9 Å². The van der Waals surface area contributed by atoms with Gasteiger partial charge in [-0.05, 0) is 61.3 Å². The molecule has 0 aromatic carbocycles. The van der Waals surface area contributed by atoms with Gasteiger partial charge in [-0.2, -0.15) is 0 Å². The Hall–Kier alpha value is -1.98. The van der Waals surface area contributed by atoms with Crippen LogP contribution in [0.5, 0.6) is 0 Å². The fraction of sp³-hybridized carbons (Fsp3) is 0.769. The molecule has 0 aromatic rings. The minimum absolute atomic E-state index is 0.0473. The summed E-state index contributed by atoms with van der Waals surface area (Å²) in [7, 11) is 0. The Morgan fingerprint density at radius 2 is 1.00 bits per heavy atom. The lowest BCUT2D eigenvalue weighted by atomic mass is 9.91. The van der Waals surface area contributed by atoms with E-state index in [9.17, 15) is 19.2 Å². The number of rotatable bonds is 13. The predicted molar refractivity (Wildman–Crippen MR) is 144 cm³/mol. The van der Waals surface area contributed by atoms with Crippen molar-refractivity contribution in [3.8, 4) is 0 Å². The van der Waals surface area contributed by atoms with E-state index in [4.69, 9.17) is 24.4 Å². The Kier molecular flexibility index (Phi) is 21.4. The third-order valence-corrected chi connectivity index (χ3v) is 5.23. The van der Waals surface area contributed by atoms with Gasteiger partial charge in [-0.1, -0.05) is 36.4 Å². The Morgan fingerprint density at radius 3 is 1.30 bits per heavy atom. The Morgan fingerprint density at radius 1 is 0.676 bits per heavy atom. The minimum Gasteiger partial charge on any atom is -0.463 e. The second kappa shape index (κ2) is 20.0. The first-order valence-electron chi connectivity index (χ1n) is 12.1. The Bertz CT molecular complexity index is 709. The summed E-state index contributed by atoms with van der Waals surface area (Å²) in [6.07, 6.45) is 1.46. The molecule has 10 nitrogen and oxygen atoms in total. The van der Waals surface area contributed by atoms with Crippen molar-refractivity contribution in [2.24, 2.45) is 10.8 Å². The molecular formula is C26H47BrO10. The number of esters is 4. The van der Waals surface area contributed by atoms with Crippen molar-refractivity contribution in [1.29, 1.82) is 0 Å². The van der Waals surface area contributed by atoms with Crippen molar-refractivity contribution < 1.29 is 48.3 Å². The number of hydrogen-bond acceptors (Lipinski definition) is 10. The molecule has 0 aromatic heterocycles. The highest BCUT2D eigenvalue weighted by molar-refractivity contribution is 9.10. The van der Waals surface area contributed by atoms with Crippen LogP contribution in [0.3, 0.4) is 0 Å². The molecule has 37 heavy (non-hydrogen) atoms. The van der Waals surface area contributed by atoms with Crippen LogP contribution in [0.25, 0.3) is 0 Å². The fourth-order valence-corrected chi connectivity index (χ4v) is 1.63. The number of aliphatic hydroxyl groups is 2. The third-order valence-electron chi connectivity index (χ3n) is 4.91. The molecule has 0 saturated carbocycles. The van der Waals surface area contributed by atoms with Crippen LogP contribution in [0.2, 0.25) is 0 Å². The summed E-state index contributed by atoms with van der Waals surface area (Å²) < 4.78 is 18.5. The fourth-order valence-electron chi connectivity index (χ4n) is 1.52. The average Bonchev–Trinajstić information content (AvgIpc) is 2.83. The molecule has 2 N–H and O–H groups in total. The molecule has 0 heterocycles. The van der Waals surface area contributed by atoms with Crippen molar-refractivity contribution in [2.75, 3.05) is 39.6 Å². The highest BCUT2D eigenvalue weighted by Gasteiger charge is 2.28. The number of hydrogen-bond donors (Lipinski definition) is 2. The van der Waals surface area contributed by atoms with E-state index in [0.717, 1.165) is 6.42 Å². The lowest BCUT2D eigenvalue weighted by molar-refractivity contribution is -0.159. The predicted octanol–water partition coefficient (Wildman–Crippen LogP) is 3.74. The maximum atomic E-state index is 11.6. The van der Waals surface area contributed by atoms with Gasteiger partial charge in [-0.15, -0.1) is 0 Å². The number of carbonyl (C=O) groups is 4. The highest BCUT2D eigenvalue weighted by atomic mass is 79.9. The van der Waals surface area contributed by atoms with Crippen molar-refractivity contribution >= 4 is 39.8 Å². The SMILES string of the molecule is C=C(C)C(=O)OCCO.CCC(C)(C)C(=O)OCCO.CCC(C)(C)C(=O)OCCOC(=O)C(C)(C)Br. The topological polar surface area (TPSA) is 146 Å². The normalized spacial score (nSPS) is 11.0. The summed E-state index contributed by atoms with van der Waals surface area (Å²) in [6, 6.07) is 0. The Balaban J connectivity index is -0.000000500. The summed E-state index contributed by atoms with van der Waals surface area (Å²) in [5, 5.41) is 16.6. The van der Waals surface area contributed by atoms with E-state index in [1.54, 1.807) is 20.8 Å². The van der Waals surface area contributed by atoms with E-state index in [2.05, 4.69) is 27.2 Å². The number of carbonyl (C=O) groups excluding carboxylic acids is 4. The van der Waals surface area contributed by atoms with Gasteiger partial charge < -0.3 is 29.2 Å². The standard InChI is InChI=1S/C12H21BrO4.C8H16O3.C6H10O3/c1-6-11(2,3)9(14)16-7-8-17-10(15)12(4,5)13;1-4-8(2,3)7(10)11-6-5-9;1-5(2)6(8)9-4-3-7/h6-8H2,1-5H3;9H,4-6H2,1-3H3;7H,1,3-4H2,2H3. The van der Waals surface area contributed by atoms with E-state index in [0.29, 0.717) is 12.0 Å². The van der Waals surface area contributed by atoms with Gasteiger partial charge in [0.05, 0.1) is 24.0 Å². The third kappa shape index (κ3) is 20.7. The summed E-state index contributed by atoms with van der Waals surface area (Å²) in [4.78, 5) is 44.5. The Labute approximate surface area is 230 Å². The van der Waals surface area contributed by atoms with E-state index >= 15 is 0 Å². The monoisotopic (exact) mass is 598 g/mol. The van der Waals surface area contributed by atoms with Crippen LogP contribution < -0.4 is 0 Å². The van der Waals surface area contributed by atoms with E-state index < -0.39 is 21.1 Å². The number of alkyl halides is 1. The van der Waals surface area contributed by atoms with Gasteiger partial charge in [-0.25, -0.2) is 4.79 Å². The van der Waals surface area contributed by atoms with Crippen LogP contribution in [0.4, 0.5) is 0 Å². The first-order valence-corrected chi connectivity index (χ1v) is 12.9. The van der Waals surface area contributed by atoms with Crippen molar-refractivity contribution in [2.45, 2.75) is 79.5 Å². The number of ether oxygens (including phenoxy) is 4. The number of halogens is 1. The van der Waals surface area contributed by atoms with Gasteiger partial charge in [0.25, 0.3) is 0 Å². The maximum absolute atomic E-state index is 11.6. The quantitative estimate of drug-likeness (QED) is 0.106. The highest BCUT2D eigenvalue weighted by Crippen LogP contribution is 2.22. The summed E-state index contributed by atoms with van der Waals surface area (Å²) in [5.41, 5.74) is -0.558. The zero-order chi connectivity index (χ0) is 29.9. The molecule has 218 valence electrons. The van der Waals surface area contributed by atoms with Crippen molar-refractivity contribution in [1.82, 2.24) is 0 Å². The van der Waals surface area contributed by atoms with Gasteiger partial charge in [0.2, 0.25) is 0 Å². The minimum atomic E-state index is -0.709. The first-order chi connectivity index (χ1) is 16.8. The summed E-state index contributed by atoms with van der Waals surface area (Å²) in [5.74, 6) is -1.34. The van der Waals surface area contributed by atoms with E-state index in [-0.39, 0.29) is 57.5 Å². The van der Waals surface area contributed by atoms with Crippen molar-refractivity contribution in [3.63, 3.8) is 0 Å². The van der Waals surface area contributed by atoms with Gasteiger partial charge >= 0.3 is 23.9 Å². The molecule has 0 aliphatic heterocycles.